The van der Waals surface area contributed by atoms with Gasteiger partial charge in [-0.3, -0.25) is 0 Å². The zero-order chi connectivity index (χ0) is 13.0. The van der Waals surface area contributed by atoms with Gasteiger partial charge in [-0.1, -0.05) is 24.3 Å². The molecule has 0 aliphatic carbocycles. The summed E-state index contributed by atoms with van der Waals surface area (Å²) in [6, 6.07) is 8.28. The van der Waals surface area contributed by atoms with E-state index in [0.29, 0.717) is 6.54 Å². The molecule has 0 saturated heterocycles. The van der Waals surface area contributed by atoms with E-state index in [1.165, 1.54) is 5.56 Å². The Bertz CT molecular complexity index is 495. The third-order valence-corrected chi connectivity index (χ3v) is 3.18. The quantitative estimate of drug-likeness (QED) is 0.856. The van der Waals surface area contributed by atoms with Crippen molar-refractivity contribution < 1.29 is 0 Å². The van der Waals surface area contributed by atoms with E-state index in [-0.39, 0.29) is 0 Å². The molecule has 2 N–H and O–H groups in total. The van der Waals surface area contributed by atoms with E-state index in [1.807, 2.05) is 24.3 Å². The highest BCUT2D eigenvalue weighted by atomic mass is 127. The summed E-state index contributed by atoms with van der Waals surface area (Å²) in [5.74, 6) is 0.735. The Hall–Kier alpha value is -1.21. The number of anilines is 1. The molecule has 0 atom stereocenters. The van der Waals surface area contributed by atoms with Crippen LogP contribution < -0.4 is 10.6 Å². The molecule has 1 aromatic carbocycles. The average molecular weight is 354 g/mol. The highest BCUT2D eigenvalue weighted by molar-refractivity contribution is 14.1. The van der Waals surface area contributed by atoms with Crippen LogP contribution in [0.15, 0.2) is 36.7 Å². The first kappa shape index (κ1) is 13.2. The number of hydrogen-bond donors (Lipinski definition) is 1. The van der Waals surface area contributed by atoms with Crippen molar-refractivity contribution in [3.05, 3.63) is 51.4 Å². The lowest BCUT2D eigenvalue weighted by atomic mass is 10.1. The molecule has 0 amide bonds. The SMILES string of the molecule is CN(Cc1ccc(CN)cc1)c1ncc(I)cn1. The topological polar surface area (TPSA) is 55.0 Å². The number of halogens is 1. The molecule has 0 radical (unpaired) electrons. The molecule has 94 valence electrons. The lowest BCUT2D eigenvalue weighted by Gasteiger charge is -2.16. The molecule has 0 aliphatic rings. The first-order valence-electron chi connectivity index (χ1n) is 5.65. The highest BCUT2D eigenvalue weighted by Gasteiger charge is 2.04. The summed E-state index contributed by atoms with van der Waals surface area (Å²) in [4.78, 5) is 10.6. The highest BCUT2D eigenvalue weighted by Crippen LogP contribution is 2.11. The summed E-state index contributed by atoms with van der Waals surface area (Å²) >= 11 is 2.20. The molecule has 1 aromatic heterocycles. The fraction of sp³-hybridized carbons (Fsp3) is 0.231. The second kappa shape index (κ2) is 6.10. The Morgan fingerprint density at radius 2 is 1.67 bits per heavy atom. The molecule has 0 spiro atoms. The monoisotopic (exact) mass is 354 g/mol. The fourth-order valence-corrected chi connectivity index (χ4v) is 1.91. The standard InChI is InChI=1S/C13H15IN4/c1-18(13-16-7-12(14)8-17-13)9-11-4-2-10(6-15)3-5-11/h2-5,7-8H,6,9,15H2,1H3. The number of rotatable bonds is 4. The Morgan fingerprint density at radius 3 is 2.22 bits per heavy atom. The summed E-state index contributed by atoms with van der Waals surface area (Å²) in [5.41, 5.74) is 7.94. The predicted molar refractivity (Wildman–Crippen MR) is 81.2 cm³/mol. The van der Waals surface area contributed by atoms with Crippen LogP contribution in [0.3, 0.4) is 0 Å². The van der Waals surface area contributed by atoms with Gasteiger partial charge in [0.2, 0.25) is 5.95 Å². The van der Waals surface area contributed by atoms with E-state index < -0.39 is 0 Å². The van der Waals surface area contributed by atoms with Crippen LogP contribution in [0.4, 0.5) is 5.95 Å². The number of aromatic nitrogens is 2. The van der Waals surface area contributed by atoms with Gasteiger partial charge >= 0.3 is 0 Å². The number of hydrogen-bond acceptors (Lipinski definition) is 4. The van der Waals surface area contributed by atoms with Gasteiger partial charge in [-0.15, -0.1) is 0 Å². The van der Waals surface area contributed by atoms with E-state index in [2.05, 4.69) is 56.8 Å². The molecule has 2 aromatic rings. The molecule has 1 heterocycles. The minimum Gasteiger partial charge on any atom is -0.340 e. The van der Waals surface area contributed by atoms with E-state index >= 15 is 0 Å². The summed E-state index contributed by atoms with van der Waals surface area (Å²) in [6.07, 6.45) is 3.63. The van der Waals surface area contributed by atoms with Gasteiger partial charge < -0.3 is 10.6 Å². The molecule has 0 aliphatic heterocycles. The Morgan fingerprint density at radius 1 is 1.11 bits per heavy atom. The maximum Gasteiger partial charge on any atom is 0.225 e. The third-order valence-electron chi connectivity index (χ3n) is 2.63. The lowest BCUT2D eigenvalue weighted by Crippen LogP contribution is -2.19. The van der Waals surface area contributed by atoms with E-state index in [1.54, 1.807) is 0 Å². The van der Waals surface area contributed by atoms with Gasteiger partial charge in [0.15, 0.2) is 0 Å². The van der Waals surface area contributed by atoms with Crippen LogP contribution in [0.2, 0.25) is 0 Å². The normalized spacial score (nSPS) is 10.4. The first-order chi connectivity index (χ1) is 8.69. The van der Waals surface area contributed by atoms with Crippen LogP contribution in [-0.2, 0) is 13.1 Å². The van der Waals surface area contributed by atoms with Crippen LogP contribution in [0, 0.1) is 3.57 Å². The molecular weight excluding hydrogens is 339 g/mol. The maximum absolute atomic E-state index is 5.58. The third kappa shape index (κ3) is 3.39. The second-order valence-corrected chi connectivity index (χ2v) is 5.32. The molecule has 0 bridgehead atoms. The largest absolute Gasteiger partial charge is 0.340 e. The second-order valence-electron chi connectivity index (χ2n) is 4.08. The van der Waals surface area contributed by atoms with Crippen LogP contribution in [-0.4, -0.2) is 17.0 Å². The van der Waals surface area contributed by atoms with Gasteiger partial charge in [0.05, 0.1) is 0 Å². The number of benzene rings is 1. The van der Waals surface area contributed by atoms with Gasteiger partial charge in [-0.25, -0.2) is 9.97 Å². The Kier molecular flexibility index (Phi) is 4.48. The van der Waals surface area contributed by atoms with Crippen molar-refractivity contribution in [2.45, 2.75) is 13.1 Å². The molecule has 0 unspecified atom stereocenters. The number of nitrogens with zero attached hydrogens (tertiary/aromatic N) is 3. The van der Waals surface area contributed by atoms with Gasteiger partial charge in [0, 0.05) is 36.1 Å². The van der Waals surface area contributed by atoms with Crippen LogP contribution >= 0.6 is 22.6 Å². The van der Waals surface area contributed by atoms with Crippen molar-refractivity contribution >= 4 is 28.5 Å². The molecule has 5 heteroatoms. The fourth-order valence-electron chi connectivity index (χ4n) is 1.63. The van der Waals surface area contributed by atoms with Gasteiger partial charge in [-0.2, -0.15) is 0 Å². The molecule has 0 saturated carbocycles. The maximum atomic E-state index is 5.58. The van der Waals surface area contributed by atoms with Gasteiger partial charge in [0.25, 0.3) is 0 Å². The summed E-state index contributed by atoms with van der Waals surface area (Å²) in [5, 5.41) is 0. The molecule has 2 rings (SSSR count). The summed E-state index contributed by atoms with van der Waals surface area (Å²) in [7, 11) is 1.99. The van der Waals surface area contributed by atoms with E-state index in [9.17, 15) is 0 Å². The molecule has 4 nitrogen and oxygen atoms in total. The molecule has 0 fully saturated rings. The summed E-state index contributed by atoms with van der Waals surface area (Å²) in [6.45, 7) is 1.36. The van der Waals surface area contributed by atoms with Crippen molar-refractivity contribution in [2.75, 3.05) is 11.9 Å². The zero-order valence-electron chi connectivity index (χ0n) is 10.2. The Labute approximate surface area is 120 Å². The van der Waals surface area contributed by atoms with Crippen LogP contribution in [0.25, 0.3) is 0 Å². The van der Waals surface area contributed by atoms with E-state index in [4.69, 9.17) is 5.73 Å². The van der Waals surface area contributed by atoms with Crippen molar-refractivity contribution in [2.24, 2.45) is 5.73 Å². The lowest BCUT2D eigenvalue weighted by molar-refractivity contribution is 0.863. The van der Waals surface area contributed by atoms with Crippen molar-refractivity contribution in [1.29, 1.82) is 0 Å². The number of nitrogens with two attached hydrogens (primary N) is 1. The molecule has 18 heavy (non-hydrogen) atoms. The van der Waals surface area contributed by atoms with Gasteiger partial charge in [-0.05, 0) is 33.7 Å². The summed E-state index contributed by atoms with van der Waals surface area (Å²) < 4.78 is 1.04. The van der Waals surface area contributed by atoms with Crippen molar-refractivity contribution in [3.63, 3.8) is 0 Å². The minimum absolute atomic E-state index is 0.580. The Balaban J connectivity index is 2.05. The first-order valence-corrected chi connectivity index (χ1v) is 6.73. The predicted octanol–water partition coefficient (Wildman–Crippen LogP) is 2.18. The average Bonchev–Trinajstić information content (AvgIpc) is 2.40. The van der Waals surface area contributed by atoms with Crippen LogP contribution in [0.1, 0.15) is 11.1 Å². The van der Waals surface area contributed by atoms with Crippen LogP contribution in [0.5, 0.6) is 0 Å². The van der Waals surface area contributed by atoms with Crippen molar-refractivity contribution in [3.8, 4) is 0 Å². The van der Waals surface area contributed by atoms with Crippen molar-refractivity contribution in [1.82, 2.24) is 9.97 Å². The zero-order valence-corrected chi connectivity index (χ0v) is 12.3. The van der Waals surface area contributed by atoms with Gasteiger partial charge in [0.1, 0.15) is 0 Å². The minimum atomic E-state index is 0.580. The molecular formula is C13H15IN4. The smallest absolute Gasteiger partial charge is 0.225 e. The van der Waals surface area contributed by atoms with E-state index in [0.717, 1.165) is 21.6 Å².